The zero-order valence-corrected chi connectivity index (χ0v) is 15.6. The standard InChI is InChI=1S/C19H38O4/c1-4-7-8-9-10-11-12-13-14-15-16-17-19(18(20)21,22-5-2)23-6-3/h4-17H2,1-3H3,(H,20,21). The van der Waals surface area contributed by atoms with Gasteiger partial charge in [-0.05, 0) is 20.3 Å². The second-order valence-corrected chi connectivity index (χ2v) is 6.21. The van der Waals surface area contributed by atoms with E-state index in [9.17, 15) is 9.90 Å². The van der Waals surface area contributed by atoms with Gasteiger partial charge >= 0.3 is 5.97 Å². The number of carboxylic acid groups (broad SMARTS) is 1. The van der Waals surface area contributed by atoms with Crippen molar-refractivity contribution < 1.29 is 19.4 Å². The van der Waals surface area contributed by atoms with Crippen molar-refractivity contribution in [1.82, 2.24) is 0 Å². The maximum absolute atomic E-state index is 11.5. The summed E-state index contributed by atoms with van der Waals surface area (Å²) in [6, 6.07) is 0. The van der Waals surface area contributed by atoms with Crippen LogP contribution in [0.15, 0.2) is 0 Å². The first-order valence-corrected chi connectivity index (χ1v) is 9.64. The highest BCUT2D eigenvalue weighted by Crippen LogP contribution is 2.23. The van der Waals surface area contributed by atoms with Gasteiger partial charge in [0.1, 0.15) is 0 Å². The van der Waals surface area contributed by atoms with E-state index in [0.29, 0.717) is 19.6 Å². The second-order valence-electron chi connectivity index (χ2n) is 6.21. The molecule has 0 saturated carbocycles. The van der Waals surface area contributed by atoms with Crippen molar-refractivity contribution in [1.29, 1.82) is 0 Å². The fourth-order valence-corrected chi connectivity index (χ4v) is 2.90. The number of unbranched alkanes of at least 4 members (excludes halogenated alkanes) is 10. The maximum Gasteiger partial charge on any atom is 0.364 e. The van der Waals surface area contributed by atoms with Gasteiger partial charge in [0.05, 0.1) is 0 Å². The summed E-state index contributed by atoms with van der Waals surface area (Å²) in [6.45, 7) is 6.55. The van der Waals surface area contributed by atoms with Gasteiger partial charge in [-0.3, -0.25) is 0 Å². The molecule has 0 bridgehead atoms. The molecule has 0 aromatic carbocycles. The Labute approximate surface area is 142 Å². The van der Waals surface area contributed by atoms with Crippen LogP contribution in [0.4, 0.5) is 0 Å². The minimum atomic E-state index is -1.44. The summed E-state index contributed by atoms with van der Waals surface area (Å²) in [5.41, 5.74) is 0. The molecule has 23 heavy (non-hydrogen) atoms. The Balaban J connectivity index is 3.72. The van der Waals surface area contributed by atoms with Gasteiger partial charge in [-0.15, -0.1) is 0 Å². The van der Waals surface area contributed by atoms with Gasteiger partial charge in [-0.1, -0.05) is 71.1 Å². The molecule has 0 rings (SSSR count). The summed E-state index contributed by atoms with van der Waals surface area (Å²) in [5.74, 6) is -2.45. The van der Waals surface area contributed by atoms with Crippen molar-refractivity contribution in [3.8, 4) is 0 Å². The lowest BCUT2D eigenvalue weighted by molar-refractivity contribution is -0.244. The Kier molecular flexibility index (Phi) is 14.6. The lowest BCUT2D eigenvalue weighted by atomic mass is 10.0. The monoisotopic (exact) mass is 330 g/mol. The molecule has 0 spiro atoms. The number of hydrogen-bond acceptors (Lipinski definition) is 3. The summed E-state index contributed by atoms with van der Waals surface area (Å²) < 4.78 is 10.8. The number of hydrogen-bond donors (Lipinski definition) is 1. The molecule has 0 atom stereocenters. The van der Waals surface area contributed by atoms with E-state index in [0.717, 1.165) is 12.8 Å². The molecule has 0 aromatic heterocycles. The molecule has 1 N–H and O–H groups in total. The minimum absolute atomic E-state index is 0.352. The van der Waals surface area contributed by atoms with Crippen molar-refractivity contribution in [3.63, 3.8) is 0 Å². The number of aliphatic carboxylic acids is 1. The summed E-state index contributed by atoms with van der Waals surface area (Å²) >= 11 is 0. The molecule has 4 nitrogen and oxygen atoms in total. The first kappa shape index (κ1) is 22.4. The van der Waals surface area contributed by atoms with Gasteiger partial charge in [0.15, 0.2) is 0 Å². The molecule has 0 aliphatic carbocycles. The van der Waals surface area contributed by atoms with E-state index in [4.69, 9.17) is 9.47 Å². The Morgan fingerprint density at radius 3 is 1.48 bits per heavy atom. The predicted octanol–water partition coefficient (Wildman–Crippen LogP) is 5.54. The number of rotatable bonds is 17. The summed E-state index contributed by atoms with van der Waals surface area (Å²) in [5, 5.41) is 9.40. The van der Waals surface area contributed by atoms with E-state index >= 15 is 0 Å². The number of carboxylic acids is 1. The lowest BCUT2D eigenvalue weighted by Gasteiger charge is -2.28. The topological polar surface area (TPSA) is 55.8 Å². The van der Waals surface area contributed by atoms with Crippen molar-refractivity contribution in [2.75, 3.05) is 13.2 Å². The zero-order valence-electron chi connectivity index (χ0n) is 15.6. The van der Waals surface area contributed by atoms with Crippen LogP contribution in [0.25, 0.3) is 0 Å². The average Bonchev–Trinajstić information content (AvgIpc) is 2.52. The summed E-state index contributed by atoms with van der Waals surface area (Å²) in [4.78, 5) is 11.5. The highest BCUT2D eigenvalue weighted by atomic mass is 16.7. The third-order valence-corrected chi connectivity index (χ3v) is 4.19. The molecule has 0 unspecified atom stereocenters. The molecule has 0 fully saturated rings. The van der Waals surface area contributed by atoms with Crippen molar-refractivity contribution in [2.45, 2.75) is 104 Å². The van der Waals surface area contributed by atoms with Crippen LogP contribution in [-0.4, -0.2) is 30.1 Å². The molecule has 4 heteroatoms. The lowest BCUT2D eigenvalue weighted by Crippen LogP contribution is -2.44. The van der Waals surface area contributed by atoms with Gasteiger partial charge in [-0.25, -0.2) is 4.79 Å². The molecule has 0 saturated heterocycles. The van der Waals surface area contributed by atoms with Gasteiger partial charge in [0.25, 0.3) is 5.79 Å². The van der Waals surface area contributed by atoms with Gasteiger partial charge < -0.3 is 14.6 Å². The van der Waals surface area contributed by atoms with E-state index in [2.05, 4.69) is 6.92 Å². The third kappa shape index (κ3) is 10.7. The fourth-order valence-electron chi connectivity index (χ4n) is 2.90. The molecule has 0 heterocycles. The van der Waals surface area contributed by atoms with E-state index in [1.165, 1.54) is 57.8 Å². The highest BCUT2D eigenvalue weighted by Gasteiger charge is 2.39. The minimum Gasteiger partial charge on any atom is -0.477 e. The normalized spacial score (nSPS) is 11.8. The maximum atomic E-state index is 11.5. The van der Waals surface area contributed by atoms with Crippen molar-refractivity contribution >= 4 is 5.97 Å². The van der Waals surface area contributed by atoms with E-state index in [1.807, 2.05) is 0 Å². The summed E-state index contributed by atoms with van der Waals surface area (Å²) in [6.07, 6.45) is 14.1. The Morgan fingerprint density at radius 2 is 1.13 bits per heavy atom. The van der Waals surface area contributed by atoms with Gasteiger partial charge in [0.2, 0.25) is 0 Å². The van der Waals surface area contributed by atoms with E-state index in [-0.39, 0.29) is 0 Å². The van der Waals surface area contributed by atoms with Crippen LogP contribution in [0.1, 0.15) is 97.8 Å². The molecular formula is C19H38O4. The SMILES string of the molecule is CCCCCCCCCCCCCC(OCC)(OCC)C(=O)O. The molecule has 0 aromatic rings. The molecule has 0 aliphatic heterocycles. The first-order chi connectivity index (χ1) is 11.1. The van der Waals surface area contributed by atoms with Crippen LogP contribution in [0.2, 0.25) is 0 Å². The Morgan fingerprint density at radius 1 is 0.739 bits per heavy atom. The van der Waals surface area contributed by atoms with E-state index < -0.39 is 11.8 Å². The van der Waals surface area contributed by atoms with Crippen molar-refractivity contribution in [2.24, 2.45) is 0 Å². The third-order valence-electron chi connectivity index (χ3n) is 4.19. The van der Waals surface area contributed by atoms with E-state index in [1.54, 1.807) is 13.8 Å². The van der Waals surface area contributed by atoms with Crippen LogP contribution < -0.4 is 0 Å². The average molecular weight is 331 g/mol. The van der Waals surface area contributed by atoms with Crippen LogP contribution >= 0.6 is 0 Å². The number of ether oxygens (including phenoxy) is 2. The van der Waals surface area contributed by atoms with Crippen molar-refractivity contribution in [3.05, 3.63) is 0 Å². The second kappa shape index (κ2) is 14.9. The smallest absolute Gasteiger partial charge is 0.364 e. The largest absolute Gasteiger partial charge is 0.477 e. The van der Waals surface area contributed by atoms with Gasteiger partial charge in [-0.2, -0.15) is 0 Å². The molecule has 0 radical (unpaired) electrons. The Bertz CT molecular complexity index is 273. The summed E-state index contributed by atoms with van der Waals surface area (Å²) in [7, 11) is 0. The predicted molar refractivity (Wildman–Crippen MR) is 94.7 cm³/mol. The van der Waals surface area contributed by atoms with Crippen LogP contribution in [0, 0.1) is 0 Å². The number of carbonyl (C=O) groups is 1. The Hall–Kier alpha value is -0.610. The zero-order chi connectivity index (χ0) is 17.4. The molecule has 0 amide bonds. The van der Waals surface area contributed by atoms with Crippen LogP contribution in [0.3, 0.4) is 0 Å². The van der Waals surface area contributed by atoms with Gasteiger partial charge in [0, 0.05) is 19.6 Å². The first-order valence-electron chi connectivity index (χ1n) is 9.64. The molecule has 138 valence electrons. The highest BCUT2D eigenvalue weighted by molar-refractivity contribution is 5.75. The molecular weight excluding hydrogens is 292 g/mol. The van der Waals surface area contributed by atoms with Crippen LogP contribution in [0.5, 0.6) is 0 Å². The molecule has 0 aliphatic rings. The van der Waals surface area contributed by atoms with Crippen LogP contribution in [-0.2, 0) is 14.3 Å². The quantitative estimate of drug-likeness (QED) is 0.281. The fraction of sp³-hybridized carbons (Fsp3) is 0.947.